The molecule has 2 aromatic heterocycles. The smallest absolute Gasteiger partial charge is 0.414 e. The number of halogens is 1. The summed E-state index contributed by atoms with van der Waals surface area (Å²) >= 11 is 3.29. The van der Waals surface area contributed by atoms with Gasteiger partial charge in [0.2, 0.25) is 29.5 Å². The molecule has 4 aromatic rings. The van der Waals surface area contributed by atoms with Crippen molar-refractivity contribution in [2.24, 2.45) is 0 Å². The number of rotatable bonds is 46. The van der Waals surface area contributed by atoms with Crippen LogP contribution in [0.1, 0.15) is 63.8 Å². The summed E-state index contributed by atoms with van der Waals surface area (Å²) in [5, 5.41) is 6.15. The number of hydrogen-bond donors (Lipinski definition) is 2. The van der Waals surface area contributed by atoms with Gasteiger partial charge in [0.1, 0.15) is 44.1 Å². The van der Waals surface area contributed by atoms with E-state index in [1.165, 1.54) is 9.80 Å². The highest BCUT2D eigenvalue weighted by Gasteiger charge is 2.23. The van der Waals surface area contributed by atoms with Crippen molar-refractivity contribution in [1.82, 2.24) is 25.5 Å². The second-order valence-electron chi connectivity index (χ2n) is 22.1. The quantitative estimate of drug-likeness (QED) is 0.0318. The van der Waals surface area contributed by atoms with Crippen LogP contribution in [0.5, 0.6) is 11.8 Å². The molecular formula is C66H94BrN7O18. The third kappa shape index (κ3) is 36.2. The predicted molar refractivity (Wildman–Crippen MR) is 353 cm³/mol. The fourth-order valence-electron chi connectivity index (χ4n) is 7.48. The molecule has 2 N–H and O–H groups in total. The monoisotopic (exact) mass is 1350 g/mol. The fourth-order valence-corrected chi connectivity index (χ4v) is 7.71. The summed E-state index contributed by atoms with van der Waals surface area (Å²) in [6.45, 7) is 16.2. The van der Waals surface area contributed by atoms with Crippen LogP contribution >= 0.6 is 15.9 Å². The van der Waals surface area contributed by atoms with Gasteiger partial charge in [0.15, 0.2) is 0 Å². The Morgan fingerprint density at radius 3 is 1.08 bits per heavy atom. The Labute approximate surface area is 549 Å². The highest BCUT2D eigenvalue weighted by Crippen LogP contribution is 2.21. The first-order valence-corrected chi connectivity index (χ1v) is 31.6. The summed E-state index contributed by atoms with van der Waals surface area (Å²) in [4.78, 5) is 76.5. The van der Waals surface area contributed by atoms with Gasteiger partial charge in [-0.1, -0.05) is 64.5 Å². The molecular weight excluding hydrogens is 1260 g/mol. The number of pyridine rings is 2. The molecule has 0 aliphatic rings. The molecule has 2 heterocycles. The first-order valence-electron chi connectivity index (χ1n) is 30.5. The maximum absolute atomic E-state index is 13.2. The molecule has 92 heavy (non-hydrogen) atoms. The fraction of sp³-hybridized carbons (Fsp3) is 0.530. The number of nitrogens with one attached hydrogen (secondary N) is 2. The van der Waals surface area contributed by atoms with Gasteiger partial charge < -0.3 is 77.1 Å². The molecule has 0 fully saturated rings. The van der Waals surface area contributed by atoms with Crippen LogP contribution in [0.25, 0.3) is 24.3 Å². The van der Waals surface area contributed by atoms with E-state index in [0.29, 0.717) is 97.6 Å². The lowest BCUT2D eigenvalue weighted by Crippen LogP contribution is -2.47. The summed E-state index contributed by atoms with van der Waals surface area (Å²) in [5.74, 6) is -0.569. The number of aromatic nitrogens is 2. The van der Waals surface area contributed by atoms with Crippen LogP contribution in [0.15, 0.2) is 85.2 Å². The Morgan fingerprint density at radius 1 is 0.424 bits per heavy atom. The van der Waals surface area contributed by atoms with Gasteiger partial charge in [-0.05, 0) is 100 Å². The van der Waals surface area contributed by atoms with Crippen LogP contribution in [0.3, 0.4) is 0 Å². The van der Waals surface area contributed by atoms with E-state index in [-0.39, 0.29) is 72.4 Å². The molecule has 4 rings (SSSR count). The molecule has 508 valence electrons. The van der Waals surface area contributed by atoms with Gasteiger partial charge in [-0.2, -0.15) is 0 Å². The van der Waals surface area contributed by atoms with Crippen LogP contribution < -0.4 is 29.9 Å². The molecule has 0 saturated carbocycles. The molecule has 0 aliphatic heterocycles. The Bertz CT molecular complexity index is 2600. The highest BCUT2D eigenvalue weighted by atomic mass is 79.9. The minimum Gasteiger partial charge on any atom is -0.475 e. The normalized spacial score (nSPS) is 11.6. The van der Waals surface area contributed by atoms with Gasteiger partial charge in [-0.3, -0.25) is 24.2 Å². The van der Waals surface area contributed by atoms with E-state index < -0.39 is 41.1 Å². The van der Waals surface area contributed by atoms with Crippen LogP contribution in [0.2, 0.25) is 0 Å². The first-order chi connectivity index (χ1) is 44.3. The lowest BCUT2D eigenvalue weighted by molar-refractivity contribution is -0.143. The zero-order chi connectivity index (χ0) is 66.7. The molecule has 0 bridgehead atoms. The van der Waals surface area contributed by atoms with Crippen LogP contribution in [-0.2, 0) is 66.5 Å². The molecule has 5 amide bonds. The number of amides is 5. The molecule has 0 spiro atoms. The van der Waals surface area contributed by atoms with Crippen molar-refractivity contribution in [2.45, 2.75) is 52.7 Å². The number of carbonyl (C=O) groups excluding carboxylic acids is 5. The first kappa shape index (κ1) is 77.3. The number of anilines is 2. The number of ether oxygens (including phenoxy) is 13. The van der Waals surface area contributed by atoms with Gasteiger partial charge in [-0.15, -0.1) is 0 Å². The third-order valence-electron chi connectivity index (χ3n) is 12.1. The van der Waals surface area contributed by atoms with E-state index in [4.69, 9.17) is 61.6 Å². The highest BCUT2D eigenvalue weighted by molar-refractivity contribution is 9.09. The van der Waals surface area contributed by atoms with E-state index in [9.17, 15) is 24.0 Å². The average Bonchev–Trinajstić information content (AvgIpc) is 1.58. The molecule has 0 saturated heterocycles. The molecule has 2 aromatic carbocycles. The zero-order valence-corrected chi connectivity index (χ0v) is 56.1. The van der Waals surface area contributed by atoms with E-state index in [1.807, 2.05) is 127 Å². The van der Waals surface area contributed by atoms with Crippen LogP contribution in [0.4, 0.5) is 21.0 Å². The topological polar surface area (TPSA) is 265 Å². The van der Waals surface area contributed by atoms with Gasteiger partial charge in [-0.25, -0.2) is 19.6 Å². The van der Waals surface area contributed by atoms with E-state index >= 15 is 0 Å². The number of hydrogen-bond acceptors (Lipinski definition) is 20. The molecule has 0 radical (unpaired) electrons. The second-order valence-corrected chi connectivity index (χ2v) is 22.9. The second kappa shape index (κ2) is 45.2. The maximum atomic E-state index is 13.2. The molecule has 0 aliphatic carbocycles. The summed E-state index contributed by atoms with van der Waals surface area (Å²) < 4.78 is 72.1. The number of nitrogens with zero attached hydrogens (tertiary/aromatic N) is 5. The third-order valence-corrected chi connectivity index (χ3v) is 12.5. The minimum atomic E-state index is -0.577. The Morgan fingerprint density at radius 2 is 0.739 bits per heavy atom. The van der Waals surface area contributed by atoms with E-state index in [1.54, 1.807) is 38.6 Å². The van der Waals surface area contributed by atoms with Gasteiger partial charge in [0.25, 0.3) is 0 Å². The summed E-state index contributed by atoms with van der Waals surface area (Å²) in [6, 6.07) is 22.5. The van der Waals surface area contributed by atoms with Crippen molar-refractivity contribution >= 4 is 81.5 Å². The molecule has 26 heteroatoms. The van der Waals surface area contributed by atoms with Crippen LogP contribution in [0, 0.1) is 0 Å². The largest absolute Gasteiger partial charge is 0.475 e. The van der Waals surface area contributed by atoms with Gasteiger partial charge >= 0.3 is 12.2 Å². The Kier molecular flexibility index (Phi) is 38.0. The predicted octanol–water partition coefficient (Wildman–Crippen LogP) is 7.62. The Hall–Kier alpha value is -7.11. The van der Waals surface area contributed by atoms with Crippen molar-refractivity contribution in [3.05, 3.63) is 107 Å². The lowest BCUT2D eigenvalue weighted by atomic mass is 10.1. The number of alkyl halides is 1. The van der Waals surface area contributed by atoms with Crippen molar-refractivity contribution in [2.75, 3.05) is 188 Å². The van der Waals surface area contributed by atoms with Crippen molar-refractivity contribution in [1.29, 1.82) is 0 Å². The average molecular weight is 1350 g/mol. The van der Waals surface area contributed by atoms with Crippen LogP contribution in [-0.4, -0.2) is 234 Å². The van der Waals surface area contributed by atoms with E-state index in [0.717, 1.165) is 43.9 Å². The maximum Gasteiger partial charge on any atom is 0.414 e. The summed E-state index contributed by atoms with van der Waals surface area (Å²) in [6.07, 6.45) is 10.4. The molecule has 0 unspecified atom stereocenters. The Balaban J connectivity index is 1.00. The minimum absolute atomic E-state index is 0.129. The number of carbonyl (C=O) groups is 5. The number of benzene rings is 2. The summed E-state index contributed by atoms with van der Waals surface area (Å²) in [7, 11) is 3.35. The van der Waals surface area contributed by atoms with Crippen molar-refractivity contribution < 1.29 is 85.6 Å². The van der Waals surface area contributed by atoms with E-state index in [2.05, 4.69) is 36.5 Å². The lowest BCUT2D eigenvalue weighted by Gasteiger charge is -2.24. The van der Waals surface area contributed by atoms with Crippen molar-refractivity contribution in [3.8, 4) is 11.8 Å². The van der Waals surface area contributed by atoms with Gasteiger partial charge in [0.05, 0.1) is 112 Å². The standard InChI is InChI=1S/C66H94BrN7O18/c1-65(2,3)91-63(78)72(7)56-19-13-52(14-20-56)9-11-54-17-23-60(70-47-54)89-45-43-86-39-37-83-35-32-81-29-26-68-58(75)49-74(62(77)51-88-42-41-85-34-31-80-28-25-67)50-59(76)69-27-30-82-33-36-84-38-40-87-44-46-90-61-24-18-55(48-71-61)12-10-53-15-21-57(22-16-53)73(8)64(79)92-66(4,5)6/h9-24,47-48H,25-46,49-51H2,1-8H3,(H,68,75)(H,69,76)/b11-9+,12-10+. The SMILES string of the molecule is CN(C(=O)OC(C)(C)C)c1ccc(/C=C/c2ccc(OCCOCCOCCOCCNC(=O)CN(CC(=O)NCCOCCOCCOCCOc3ccc(/C=C/c4ccc(N(C)C(=O)OC(C)(C)C)cc4)cn3)C(=O)COCCOCCOCCBr)nc2)cc1. The zero-order valence-electron chi connectivity index (χ0n) is 54.5. The van der Waals surface area contributed by atoms with Crippen molar-refractivity contribution in [3.63, 3.8) is 0 Å². The summed E-state index contributed by atoms with van der Waals surface area (Å²) in [5.41, 5.74) is 4.00. The molecule has 0 atom stereocenters. The molecule has 25 nitrogen and oxygen atoms in total. The van der Waals surface area contributed by atoms with Gasteiger partial charge in [0, 0.05) is 68.4 Å².